The van der Waals surface area contributed by atoms with Gasteiger partial charge in [-0.05, 0) is 43.0 Å². The third-order valence-electron chi connectivity index (χ3n) is 5.25. The van der Waals surface area contributed by atoms with E-state index in [2.05, 4.69) is 0 Å². The molecule has 0 radical (unpaired) electrons. The predicted octanol–water partition coefficient (Wildman–Crippen LogP) is 3.49. The van der Waals surface area contributed by atoms with Crippen molar-refractivity contribution in [2.24, 2.45) is 5.92 Å². The Kier molecular flexibility index (Phi) is 7.99. The Balaban J connectivity index is 1.75. The van der Waals surface area contributed by atoms with Crippen LogP contribution in [0.15, 0.2) is 47.1 Å². The van der Waals surface area contributed by atoms with E-state index < -0.39 is 4.92 Å². The fourth-order valence-corrected chi connectivity index (χ4v) is 3.71. The minimum absolute atomic E-state index is 0.0298. The standard InChI is InChI=1S/C23H29N3O6/c1-17(2)13-25(23(28)18-7-9-19(10-8-18)26(29)30)16-22(27)24(14-20-5-3-11-31-20)15-21-6-4-12-32-21/h3,5,7-11,17,21H,4,6,12-16H2,1-2H3/t21-/m1/s1. The summed E-state index contributed by atoms with van der Waals surface area (Å²) in [5.74, 6) is 0.264. The van der Waals surface area contributed by atoms with Crippen molar-refractivity contribution in [2.75, 3.05) is 26.2 Å². The van der Waals surface area contributed by atoms with Crippen LogP contribution in [-0.2, 0) is 16.1 Å². The fraction of sp³-hybridized carbons (Fsp3) is 0.478. The van der Waals surface area contributed by atoms with Crippen LogP contribution in [0, 0.1) is 16.0 Å². The van der Waals surface area contributed by atoms with Crippen LogP contribution in [0.25, 0.3) is 0 Å². The van der Waals surface area contributed by atoms with Gasteiger partial charge in [-0.1, -0.05) is 13.8 Å². The molecule has 0 saturated carbocycles. The maximum Gasteiger partial charge on any atom is 0.269 e. The Morgan fingerprint density at radius 3 is 2.50 bits per heavy atom. The minimum Gasteiger partial charge on any atom is -0.467 e. The van der Waals surface area contributed by atoms with Crippen molar-refractivity contribution in [1.29, 1.82) is 0 Å². The molecule has 0 spiro atoms. The van der Waals surface area contributed by atoms with E-state index in [0.29, 0.717) is 37.6 Å². The predicted molar refractivity (Wildman–Crippen MR) is 117 cm³/mol. The van der Waals surface area contributed by atoms with Crippen LogP contribution < -0.4 is 0 Å². The summed E-state index contributed by atoms with van der Waals surface area (Å²) in [7, 11) is 0. The first-order chi connectivity index (χ1) is 15.3. The van der Waals surface area contributed by atoms with E-state index in [1.807, 2.05) is 19.9 Å². The van der Waals surface area contributed by atoms with Crippen molar-refractivity contribution in [3.05, 3.63) is 64.1 Å². The smallest absolute Gasteiger partial charge is 0.269 e. The summed E-state index contributed by atoms with van der Waals surface area (Å²) in [4.78, 5) is 40.0. The van der Waals surface area contributed by atoms with Crippen LogP contribution in [0.5, 0.6) is 0 Å². The summed E-state index contributed by atoms with van der Waals surface area (Å²) in [6.45, 7) is 5.64. The van der Waals surface area contributed by atoms with E-state index in [0.717, 1.165) is 12.8 Å². The van der Waals surface area contributed by atoms with Gasteiger partial charge in [0.1, 0.15) is 12.3 Å². The summed E-state index contributed by atoms with van der Waals surface area (Å²) >= 11 is 0. The molecule has 32 heavy (non-hydrogen) atoms. The number of nitro benzene ring substituents is 1. The van der Waals surface area contributed by atoms with Gasteiger partial charge >= 0.3 is 0 Å². The van der Waals surface area contributed by atoms with E-state index >= 15 is 0 Å². The van der Waals surface area contributed by atoms with Crippen molar-refractivity contribution in [2.45, 2.75) is 39.3 Å². The Bertz CT molecular complexity index is 904. The number of carbonyl (C=O) groups is 2. The minimum atomic E-state index is -0.513. The summed E-state index contributed by atoms with van der Waals surface area (Å²) in [6.07, 6.45) is 3.39. The number of furan rings is 1. The molecule has 3 rings (SSSR count). The summed E-state index contributed by atoms with van der Waals surface area (Å²) in [5.41, 5.74) is 0.218. The first kappa shape index (κ1) is 23.5. The van der Waals surface area contributed by atoms with E-state index in [4.69, 9.17) is 9.15 Å². The zero-order valence-corrected chi connectivity index (χ0v) is 18.4. The number of nitrogens with zero attached hydrogens (tertiary/aromatic N) is 3. The van der Waals surface area contributed by atoms with E-state index in [1.54, 1.807) is 17.2 Å². The number of hydrogen-bond donors (Lipinski definition) is 0. The van der Waals surface area contributed by atoms with Gasteiger partial charge in [0.15, 0.2) is 0 Å². The second kappa shape index (κ2) is 10.9. The number of rotatable bonds is 10. The highest BCUT2D eigenvalue weighted by atomic mass is 16.6. The van der Waals surface area contributed by atoms with Gasteiger partial charge in [-0.3, -0.25) is 19.7 Å². The van der Waals surface area contributed by atoms with Crippen LogP contribution >= 0.6 is 0 Å². The molecule has 9 heteroatoms. The normalized spacial score (nSPS) is 15.7. The number of carbonyl (C=O) groups excluding carboxylic acids is 2. The molecule has 1 atom stereocenters. The summed E-state index contributed by atoms with van der Waals surface area (Å²) in [5, 5.41) is 10.9. The molecule has 1 fully saturated rings. The van der Waals surface area contributed by atoms with Crippen molar-refractivity contribution in [1.82, 2.24) is 9.80 Å². The molecule has 0 aliphatic carbocycles. The molecule has 1 aliphatic rings. The van der Waals surface area contributed by atoms with E-state index in [-0.39, 0.29) is 36.1 Å². The van der Waals surface area contributed by atoms with Gasteiger partial charge < -0.3 is 19.0 Å². The topological polar surface area (TPSA) is 106 Å². The molecule has 9 nitrogen and oxygen atoms in total. The number of nitro groups is 1. The third-order valence-corrected chi connectivity index (χ3v) is 5.25. The molecule has 2 amide bonds. The number of amides is 2. The molecule has 2 aromatic rings. The molecule has 1 aromatic heterocycles. The maximum atomic E-state index is 13.3. The van der Waals surface area contributed by atoms with Crippen LogP contribution in [0.3, 0.4) is 0 Å². The zero-order chi connectivity index (χ0) is 23.1. The van der Waals surface area contributed by atoms with Crippen molar-refractivity contribution < 1.29 is 23.7 Å². The van der Waals surface area contributed by atoms with Crippen molar-refractivity contribution in [3.8, 4) is 0 Å². The molecular formula is C23H29N3O6. The van der Waals surface area contributed by atoms with Gasteiger partial charge in [0.2, 0.25) is 5.91 Å². The van der Waals surface area contributed by atoms with Crippen molar-refractivity contribution in [3.63, 3.8) is 0 Å². The Morgan fingerprint density at radius 1 is 1.19 bits per heavy atom. The van der Waals surface area contributed by atoms with Crippen LogP contribution in [0.4, 0.5) is 5.69 Å². The molecule has 1 aliphatic heterocycles. The first-order valence-electron chi connectivity index (χ1n) is 10.8. The fourth-order valence-electron chi connectivity index (χ4n) is 3.71. The highest BCUT2D eigenvalue weighted by molar-refractivity contribution is 5.96. The average Bonchev–Trinajstić information content (AvgIpc) is 3.46. The first-order valence-corrected chi connectivity index (χ1v) is 10.8. The monoisotopic (exact) mass is 443 g/mol. The second-order valence-corrected chi connectivity index (χ2v) is 8.37. The SMILES string of the molecule is CC(C)CN(CC(=O)N(Cc1ccco1)C[C@H]1CCCO1)C(=O)c1ccc([N+](=O)[O-])cc1. The lowest BCUT2D eigenvalue weighted by Crippen LogP contribution is -2.46. The molecule has 2 heterocycles. The number of benzene rings is 1. The number of non-ortho nitro benzene ring substituents is 1. The van der Waals surface area contributed by atoms with Gasteiger partial charge in [0, 0.05) is 37.4 Å². The molecule has 0 N–H and O–H groups in total. The van der Waals surface area contributed by atoms with Gasteiger partial charge in [-0.15, -0.1) is 0 Å². The Labute approximate surface area is 187 Å². The molecule has 1 saturated heterocycles. The number of ether oxygens (including phenoxy) is 1. The molecule has 1 aromatic carbocycles. The van der Waals surface area contributed by atoms with E-state index in [1.165, 1.54) is 29.2 Å². The molecule has 172 valence electrons. The highest BCUT2D eigenvalue weighted by Gasteiger charge is 2.27. The largest absolute Gasteiger partial charge is 0.467 e. The van der Waals surface area contributed by atoms with Gasteiger partial charge in [-0.25, -0.2) is 0 Å². The van der Waals surface area contributed by atoms with Crippen LogP contribution in [0.2, 0.25) is 0 Å². The van der Waals surface area contributed by atoms with Crippen LogP contribution in [-0.4, -0.2) is 58.9 Å². The maximum absolute atomic E-state index is 13.3. The highest BCUT2D eigenvalue weighted by Crippen LogP contribution is 2.18. The lowest BCUT2D eigenvalue weighted by molar-refractivity contribution is -0.384. The van der Waals surface area contributed by atoms with Gasteiger partial charge in [0.05, 0.1) is 23.8 Å². The van der Waals surface area contributed by atoms with Gasteiger partial charge in [-0.2, -0.15) is 0 Å². The van der Waals surface area contributed by atoms with Gasteiger partial charge in [0.25, 0.3) is 11.6 Å². The zero-order valence-electron chi connectivity index (χ0n) is 18.4. The van der Waals surface area contributed by atoms with Crippen molar-refractivity contribution >= 4 is 17.5 Å². The molecular weight excluding hydrogens is 414 g/mol. The quantitative estimate of drug-likeness (QED) is 0.411. The lowest BCUT2D eigenvalue weighted by atomic mass is 10.1. The second-order valence-electron chi connectivity index (χ2n) is 8.37. The summed E-state index contributed by atoms with van der Waals surface area (Å²) in [6, 6.07) is 9.01. The lowest BCUT2D eigenvalue weighted by Gasteiger charge is -2.29. The summed E-state index contributed by atoms with van der Waals surface area (Å²) < 4.78 is 11.1. The third kappa shape index (κ3) is 6.40. The van der Waals surface area contributed by atoms with Crippen LogP contribution in [0.1, 0.15) is 42.8 Å². The molecule has 0 unspecified atom stereocenters. The number of hydrogen-bond acceptors (Lipinski definition) is 6. The Morgan fingerprint density at radius 2 is 1.94 bits per heavy atom. The Hall–Kier alpha value is -3.20. The van der Waals surface area contributed by atoms with E-state index in [9.17, 15) is 19.7 Å². The molecule has 0 bridgehead atoms. The average molecular weight is 444 g/mol.